The third kappa shape index (κ3) is 5.07. The third-order valence-corrected chi connectivity index (χ3v) is 10.5. The van der Waals surface area contributed by atoms with Gasteiger partial charge in [-0.1, -0.05) is 0 Å². The molecule has 0 saturated carbocycles. The molecule has 1 fully saturated rings. The summed E-state index contributed by atoms with van der Waals surface area (Å²) in [7, 11) is -3.68. The Hall–Kier alpha value is -0.840. The molecule has 0 spiro atoms. The van der Waals surface area contributed by atoms with Gasteiger partial charge >= 0.3 is 150 Å². The van der Waals surface area contributed by atoms with E-state index in [2.05, 4.69) is 13.5 Å². The fourth-order valence-electron chi connectivity index (χ4n) is 1.87. The summed E-state index contributed by atoms with van der Waals surface area (Å²) in [4.78, 5) is 13.8. The monoisotopic (exact) mass is 458 g/mol. The first kappa shape index (κ1) is 18.5. The van der Waals surface area contributed by atoms with E-state index < -0.39 is 38.6 Å². The molecule has 2 heterocycles. The quantitative estimate of drug-likeness (QED) is 0.254. The van der Waals surface area contributed by atoms with Crippen molar-refractivity contribution < 1.29 is 13.2 Å². The van der Waals surface area contributed by atoms with Crippen molar-refractivity contribution in [2.75, 3.05) is 26.2 Å². The van der Waals surface area contributed by atoms with Crippen LogP contribution in [0.5, 0.6) is 0 Å². The first-order chi connectivity index (χ1) is 10.9. The van der Waals surface area contributed by atoms with Crippen molar-refractivity contribution >= 4 is 53.0 Å². The summed E-state index contributed by atoms with van der Waals surface area (Å²) in [5.74, 6) is -0.827. The van der Waals surface area contributed by atoms with Crippen LogP contribution in [0.2, 0.25) is 0 Å². The normalized spacial score (nSPS) is 19.2. The Morgan fingerprint density at radius 2 is 2.22 bits per heavy atom. The van der Waals surface area contributed by atoms with E-state index in [4.69, 9.17) is 11.0 Å². The molecule has 122 valence electrons. The first-order valence-electron chi connectivity index (χ1n) is 6.65. The van der Waals surface area contributed by atoms with Gasteiger partial charge in [-0.25, -0.2) is 0 Å². The molecule has 0 aromatic rings. The summed E-state index contributed by atoms with van der Waals surface area (Å²) >= 11 is -0.405. The number of carbonyl (C=O) groups is 1. The van der Waals surface area contributed by atoms with Crippen molar-refractivity contribution in [2.24, 2.45) is 5.73 Å². The van der Waals surface area contributed by atoms with Crippen LogP contribution >= 0.6 is 11.8 Å². The van der Waals surface area contributed by atoms with Gasteiger partial charge in [0.1, 0.15) is 0 Å². The first-order valence-corrected chi connectivity index (χ1v) is 12.3. The van der Waals surface area contributed by atoms with Crippen LogP contribution in [-0.2, 0) is 14.8 Å². The van der Waals surface area contributed by atoms with Gasteiger partial charge in [0.2, 0.25) is 0 Å². The predicted molar refractivity (Wildman–Crippen MR) is 89.0 cm³/mol. The van der Waals surface area contributed by atoms with Gasteiger partial charge in [0.15, 0.2) is 0 Å². The molecule has 0 aromatic carbocycles. The summed E-state index contributed by atoms with van der Waals surface area (Å²) in [6.07, 6.45) is 1.48. The molecule has 9 nitrogen and oxygen atoms in total. The van der Waals surface area contributed by atoms with Gasteiger partial charge in [-0.3, -0.25) is 0 Å². The van der Waals surface area contributed by atoms with Gasteiger partial charge < -0.3 is 0 Å². The van der Waals surface area contributed by atoms with Crippen LogP contribution in [0.15, 0.2) is 22.1 Å². The third-order valence-electron chi connectivity index (χ3n) is 3.02. The molecule has 1 saturated heterocycles. The molecule has 0 aliphatic carbocycles. The minimum atomic E-state index is -3.68. The summed E-state index contributed by atoms with van der Waals surface area (Å²) in [6, 6.07) is 1.70. The van der Waals surface area contributed by atoms with Gasteiger partial charge in [-0.15, -0.1) is 0 Å². The fraction of sp³-hybridized carbons (Fsp3) is 0.364. The van der Waals surface area contributed by atoms with E-state index in [0.717, 1.165) is 24.9 Å². The van der Waals surface area contributed by atoms with Crippen LogP contribution in [0.1, 0.15) is 0 Å². The molecule has 0 unspecified atom stereocenters. The van der Waals surface area contributed by atoms with E-state index in [-0.39, 0.29) is 10.5 Å². The average Bonchev–Trinajstić information content (AvgIpc) is 2.97. The molecule has 0 radical (unpaired) electrons. The van der Waals surface area contributed by atoms with Gasteiger partial charge in [-0.05, 0) is 0 Å². The van der Waals surface area contributed by atoms with Crippen LogP contribution in [0.3, 0.4) is 0 Å². The molecule has 2 aliphatic rings. The van der Waals surface area contributed by atoms with Gasteiger partial charge in [0.05, 0.1) is 0 Å². The number of nitriles is 1. The number of hydrogen-bond acceptors (Lipinski definition) is 8. The number of piperazine rings is 1. The molecule has 1 amide bonds. The molecule has 2 aliphatic heterocycles. The van der Waals surface area contributed by atoms with Gasteiger partial charge in [0.25, 0.3) is 0 Å². The second-order valence-corrected chi connectivity index (χ2v) is 11.8. The van der Waals surface area contributed by atoms with E-state index in [9.17, 15) is 13.2 Å². The maximum absolute atomic E-state index is 12.5. The standard InChI is InChI=1S/C11H15N6O3S2.In/c12-5-9(11(14)18)7-21-8-10(6-13)22(19,20)16-17-3-1-15-2-4-17;/h6-7,13,15-16H,1-4H2,(H2,14,18);/q-1;+1/b9-7+,10-6?;. The van der Waals surface area contributed by atoms with Gasteiger partial charge in [-0.2, -0.15) is 0 Å². The van der Waals surface area contributed by atoms with Crippen molar-refractivity contribution in [3.8, 4) is 6.07 Å². The molecule has 23 heavy (non-hydrogen) atoms. The van der Waals surface area contributed by atoms with E-state index in [1.54, 1.807) is 11.1 Å². The Kier molecular flexibility index (Phi) is 6.69. The Balaban J connectivity index is 2.08. The number of thioether (sulfide) groups is 1. The van der Waals surface area contributed by atoms with Crippen molar-refractivity contribution in [1.82, 2.24) is 18.5 Å². The SMILES string of the molecule is N#C/C(=C\S[C]1=[In][NH]C=C1S(=O)(=O)NN1CCNCC1)C(N)=O. The molecule has 0 bridgehead atoms. The number of primary amides is 1. The summed E-state index contributed by atoms with van der Waals surface area (Å²) in [6.45, 7) is 2.61. The van der Waals surface area contributed by atoms with Crippen molar-refractivity contribution in [3.05, 3.63) is 22.1 Å². The number of nitrogens with one attached hydrogen (secondary N) is 3. The number of nitrogens with zero attached hydrogens (tertiary/aromatic N) is 2. The van der Waals surface area contributed by atoms with Crippen molar-refractivity contribution in [2.45, 2.75) is 0 Å². The molecule has 5 N–H and O–H groups in total. The van der Waals surface area contributed by atoms with E-state index >= 15 is 0 Å². The number of nitrogens with two attached hydrogens (primary N) is 1. The van der Waals surface area contributed by atoms with E-state index in [1.165, 1.54) is 11.6 Å². The molecule has 0 aromatic heterocycles. The van der Waals surface area contributed by atoms with Crippen molar-refractivity contribution in [3.63, 3.8) is 0 Å². The molecule has 2 rings (SSSR count). The number of hydrogen-bond donors (Lipinski definition) is 4. The second-order valence-electron chi connectivity index (χ2n) is 4.64. The van der Waals surface area contributed by atoms with Crippen LogP contribution in [0, 0.1) is 11.3 Å². The van der Waals surface area contributed by atoms with Crippen LogP contribution < -0.4 is 19.2 Å². The molecular formula is C11H15InN6O3S2. The Labute approximate surface area is 149 Å². The van der Waals surface area contributed by atoms with Crippen LogP contribution in [0.4, 0.5) is 0 Å². The maximum atomic E-state index is 12.5. The zero-order valence-corrected chi connectivity index (χ0v) is 17.0. The Morgan fingerprint density at radius 3 is 2.83 bits per heavy atom. The number of sulfonamides is 1. The topological polar surface area (TPSA) is 140 Å². The van der Waals surface area contributed by atoms with Crippen LogP contribution in [-0.4, -0.2) is 70.8 Å². The van der Waals surface area contributed by atoms with E-state index in [1.807, 2.05) is 0 Å². The summed E-state index contributed by atoms with van der Waals surface area (Å²) < 4.78 is 28.7. The minimum absolute atomic E-state index is 0.181. The summed E-state index contributed by atoms with van der Waals surface area (Å²) in [5, 5.41) is 14.9. The van der Waals surface area contributed by atoms with Gasteiger partial charge in [0, 0.05) is 0 Å². The molecule has 12 heteroatoms. The van der Waals surface area contributed by atoms with Crippen molar-refractivity contribution in [1.29, 1.82) is 5.26 Å². The fourth-order valence-corrected chi connectivity index (χ4v) is 9.59. The number of hydrazine groups is 1. The zero-order chi connectivity index (χ0) is 16.9. The molecular weight excluding hydrogens is 443 g/mol. The number of rotatable bonds is 6. The van der Waals surface area contributed by atoms with E-state index in [0.29, 0.717) is 15.7 Å². The zero-order valence-electron chi connectivity index (χ0n) is 12.1. The predicted octanol–water partition coefficient (Wildman–Crippen LogP) is -2.45. The average molecular weight is 458 g/mol. The summed E-state index contributed by atoms with van der Waals surface area (Å²) in [5.41, 5.74) is 4.88. The number of amides is 1. The van der Waals surface area contributed by atoms with Crippen LogP contribution in [0.25, 0.3) is 0 Å². The molecule has 0 atom stereocenters. The Morgan fingerprint density at radius 1 is 1.52 bits per heavy atom. The number of carbonyl (C=O) groups excluding carboxylic acids is 1. The Bertz CT molecular complexity index is 719. The second kappa shape index (κ2) is 8.32.